The first kappa shape index (κ1) is 16.7. The van der Waals surface area contributed by atoms with Gasteiger partial charge in [0, 0.05) is 31.5 Å². The molecule has 0 saturated carbocycles. The van der Waals surface area contributed by atoms with Gasteiger partial charge in [0.05, 0.1) is 6.20 Å². The van der Waals surface area contributed by atoms with E-state index in [1.807, 2.05) is 24.1 Å². The Balaban J connectivity index is 1.52. The molecule has 128 valence electrons. The summed E-state index contributed by atoms with van der Waals surface area (Å²) < 4.78 is 5.79. The number of nitrogens with zero attached hydrogens (tertiary/aromatic N) is 2. The van der Waals surface area contributed by atoms with Crippen molar-refractivity contribution in [2.24, 2.45) is 5.92 Å². The molecule has 0 radical (unpaired) electrons. The van der Waals surface area contributed by atoms with Gasteiger partial charge in [0.25, 0.3) is 0 Å². The molecule has 1 saturated heterocycles. The minimum absolute atomic E-state index is 0.198. The van der Waals surface area contributed by atoms with Crippen LogP contribution < -0.4 is 5.32 Å². The largest absolute Gasteiger partial charge is 0.441 e. The van der Waals surface area contributed by atoms with E-state index < -0.39 is 0 Å². The molecular formula is C19H25N3O2. The average molecular weight is 327 g/mol. The number of rotatable bonds is 6. The van der Waals surface area contributed by atoms with Crippen LogP contribution >= 0.6 is 0 Å². The molecule has 3 rings (SSSR count). The lowest BCUT2D eigenvalue weighted by molar-refractivity contribution is -0.130. The second kappa shape index (κ2) is 7.62. The van der Waals surface area contributed by atoms with Crippen molar-refractivity contribution in [3.05, 3.63) is 41.9 Å². The van der Waals surface area contributed by atoms with Gasteiger partial charge in [-0.05, 0) is 32.9 Å². The fourth-order valence-electron chi connectivity index (χ4n) is 3.16. The highest BCUT2D eigenvalue weighted by molar-refractivity contribution is 5.76. The predicted molar refractivity (Wildman–Crippen MR) is 93.6 cm³/mol. The number of nitrogens with one attached hydrogen (secondary N) is 1. The van der Waals surface area contributed by atoms with Crippen molar-refractivity contribution < 1.29 is 9.21 Å². The molecule has 1 unspecified atom stereocenters. The maximum atomic E-state index is 12.3. The maximum absolute atomic E-state index is 12.3. The van der Waals surface area contributed by atoms with Gasteiger partial charge in [-0.1, -0.05) is 29.8 Å². The summed E-state index contributed by atoms with van der Waals surface area (Å²) in [6.07, 6.45) is 3.84. The van der Waals surface area contributed by atoms with Gasteiger partial charge >= 0.3 is 0 Å². The van der Waals surface area contributed by atoms with Crippen LogP contribution in [0.15, 0.2) is 34.9 Å². The van der Waals surface area contributed by atoms with Crippen molar-refractivity contribution in [2.45, 2.75) is 26.2 Å². The number of hydrogen-bond acceptors (Lipinski definition) is 4. The molecular weight excluding hydrogens is 302 g/mol. The van der Waals surface area contributed by atoms with Gasteiger partial charge < -0.3 is 14.6 Å². The van der Waals surface area contributed by atoms with E-state index in [0.717, 1.165) is 37.4 Å². The number of benzene rings is 1. The van der Waals surface area contributed by atoms with Crippen LogP contribution in [0.1, 0.15) is 24.3 Å². The van der Waals surface area contributed by atoms with E-state index in [4.69, 9.17) is 4.42 Å². The summed E-state index contributed by atoms with van der Waals surface area (Å²) in [5.41, 5.74) is 2.23. The third-order valence-corrected chi connectivity index (χ3v) is 4.57. The van der Waals surface area contributed by atoms with Crippen LogP contribution in [0.4, 0.5) is 0 Å². The minimum atomic E-state index is 0.198. The number of aromatic nitrogens is 1. The summed E-state index contributed by atoms with van der Waals surface area (Å²) in [6, 6.07) is 8.15. The van der Waals surface area contributed by atoms with E-state index in [2.05, 4.69) is 29.4 Å². The Morgan fingerprint density at radius 3 is 2.92 bits per heavy atom. The van der Waals surface area contributed by atoms with Crippen LogP contribution in [-0.4, -0.2) is 42.5 Å². The second-order valence-electron chi connectivity index (χ2n) is 6.54. The van der Waals surface area contributed by atoms with E-state index in [9.17, 15) is 4.79 Å². The summed E-state index contributed by atoms with van der Waals surface area (Å²) in [4.78, 5) is 18.6. The molecule has 0 aliphatic carbocycles. The highest BCUT2D eigenvalue weighted by Crippen LogP contribution is 2.22. The van der Waals surface area contributed by atoms with Crippen molar-refractivity contribution in [3.8, 4) is 11.3 Å². The van der Waals surface area contributed by atoms with Crippen LogP contribution in [0.25, 0.3) is 11.3 Å². The zero-order valence-electron chi connectivity index (χ0n) is 14.4. The van der Waals surface area contributed by atoms with Gasteiger partial charge in [-0.25, -0.2) is 4.98 Å². The van der Waals surface area contributed by atoms with Crippen molar-refractivity contribution in [3.63, 3.8) is 0 Å². The number of oxazole rings is 1. The normalized spacial score (nSPS) is 17.4. The van der Waals surface area contributed by atoms with Gasteiger partial charge in [0.15, 0.2) is 11.7 Å². The lowest BCUT2D eigenvalue weighted by Crippen LogP contribution is -2.30. The zero-order chi connectivity index (χ0) is 16.9. The average Bonchev–Trinajstić information content (AvgIpc) is 3.23. The Hall–Kier alpha value is -2.14. The quantitative estimate of drug-likeness (QED) is 0.886. The summed E-state index contributed by atoms with van der Waals surface area (Å²) in [5, 5.41) is 3.19. The molecule has 1 aliphatic rings. The molecule has 5 heteroatoms. The fraction of sp³-hybridized carbons (Fsp3) is 0.474. The predicted octanol–water partition coefficient (Wildman–Crippen LogP) is 2.65. The molecule has 1 fully saturated rings. The Kier molecular flexibility index (Phi) is 5.30. The topological polar surface area (TPSA) is 58.4 Å². The highest BCUT2D eigenvalue weighted by atomic mass is 16.4. The number of amides is 1. The van der Waals surface area contributed by atoms with Crippen LogP contribution in [0, 0.1) is 12.8 Å². The molecule has 0 bridgehead atoms. The minimum Gasteiger partial charge on any atom is -0.441 e. The second-order valence-corrected chi connectivity index (χ2v) is 6.54. The van der Waals surface area contributed by atoms with Crippen molar-refractivity contribution in [1.29, 1.82) is 0 Å². The van der Waals surface area contributed by atoms with Crippen LogP contribution in [0.2, 0.25) is 0 Å². The lowest BCUT2D eigenvalue weighted by atomic mass is 10.1. The first-order valence-corrected chi connectivity index (χ1v) is 8.60. The van der Waals surface area contributed by atoms with E-state index in [0.29, 0.717) is 24.7 Å². The number of aryl methyl sites for hydroxylation is 2. The summed E-state index contributed by atoms with van der Waals surface area (Å²) >= 11 is 0. The summed E-state index contributed by atoms with van der Waals surface area (Å²) in [5.74, 6) is 2.16. The maximum Gasteiger partial charge on any atom is 0.223 e. The highest BCUT2D eigenvalue weighted by Gasteiger charge is 2.25. The molecule has 24 heavy (non-hydrogen) atoms. The first-order chi connectivity index (χ1) is 11.7. The van der Waals surface area contributed by atoms with Gasteiger partial charge in [0.2, 0.25) is 5.91 Å². The van der Waals surface area contributed by atoms with Gasteiger partial charge in [-0.2, -0.15) is 0 Å². The SMILES string of the molecule is CNCC1CCN(C(=O)CCc2ncc(-c3ccc(C)cc3)o2)C1. The van der Waals surface area contributed by atoms with E-state index in [-0.39, 0.29) is 5.91 Å². The Morgan fingerprint density at radius 1 is 1.38 bits per heavy atom. The monoisotopic (exact) mass is 327 g/mol. The first-order valence-electron chi connectivity index (χ1n) is 8.60. The smallest absolute Gasteiger partial charge is 0.223 e. The molecule has 1 atom stereocenters. The van der Waals surface area contributed by atoms with E-state index in [1.165, 1.54) is 5.56 Å². The van der Waals surface area contributed by atoms with E-state index >= 15 is 0 Å². The lowest BCUT2D eigenvalue weighted by Gasteiger charge is -2.16. The molecule has 1 N–H and O–H groups in total. The number of carbonyl (C=O) groups excluding carboxylic acids is 1. The standard InChI is InChI=1S/C19H25N3O2/c1-14-3-5-16(6-4-14)17-12-21-18(24-17)7-8-19(23)22-10-9-15(13-22)11-20-2/h3-6,12,15,20H,7-11,13H2,1-2H3. The van der Waals surface area contributed by atoms with Gasteiger partial charge in [-0.15, -0.1) is 0 Å². The third-order valence-electron chi connectivity index (χ3n) is 4.57. The summed E-state index contributed by atoms with van der Waals surface area (Å²) in [7, 11) is 1.96. The number of hydrogen-bond donors (Lipinski definition) is 1. The molecule has 1 aromatic heterocycles. The van der Waals surface area contributed by atoms with Crippen molar-refractivity contribution >= 4 is 5.91 Å². The molecule has 0 spiro atoms. The van der Waals surface area contributed by atoms with Gasteiger partial charge in [0.1, 0.15) is 0 Å². The van der Waals surface area contributed by atoms with Crippen molar-refractivity contribution in [1.82, 2.24) is 15.2 Å². The molecule has 1 aliphatic heterocycles. The Labute approximate surface area is 143 Å². The molecule has 2 aromatic rings. The number of likely N-dealkylation sites (tertiary alicyclic amines) is 1. The van der Waals surface area contributed by atoms with E-state index in [1.54, 1.807) is 6.20 Å². The van der Waals surface area contributed by atoms with Crippen LogP contribution in [0.3, 0.4) is 0 Å². The fourth-order valence-corrected chi connectivity index (χ4v) is 3.16. The molecule has 1 aromatic carbocycles. The van der Waals surface area contributed by atoms with Crippen molar-refractivity contribution in [2.75, 3.05) is 26.7 Å². The molecule has 5 nitrogen and oxygen atoms in total. The summed E-state index contributed by atoms with van der Waals surface area (Å²) in [6.45, 7) is 4.76. The van der Waals surface area contributed by atoms with Crippen LogP contribution in [-0.2, 0) is 11.2 Å². The Bertz CT molecular complexity index is 678. The molecule has 1 amide bonds. The van der Waals surface area contributed by atoms with Gasteiger partial charge in [-0.3, -0.25) is 4.79 Å². The Morgan fingerprint density at radius 2 is 2.17 bits per heavy atom. The van der Waals surface area contributed by atoms with Crippen LogP contribution in [0.5, 0.6) is 0 Å². The zero-order valence-corrected chi connectivity index (χ0v) is 14.4. The molecule has 2 heterocycles. The third kappa shape index (κ3) is 4.03. The number of carbonyl (C=O) groups is 1.